The van der Waals surface area contributed by atoms with Crippen LogP contribution in [0.1, 0.15) is 30.8 Å². The number of hydrogen-bond donors (Lipinski definition) is 1. The molecular formula is C14H23N5S. The van der Waals surface area contributed by atoms with Crippen molar-refractivity contribution in [1.29, 1.82) is 0 Å². The van der Waals surface area contributed by atoms with Gasteiger partial charge in [-0.1, -0.05) is 13.8 Å². The van der Waals surface area contributed by atoms with Crippen molar-refractivity contribution in [3.05, 3.63) is 27.8 Å². The Kier molecular flexibility index (Phi) is 4.77. The summed E-state index contributed by atoms with van der Waals surface area (Å²) < 4.78 is 1.96. The SMILES string of the molecule is Cc1nn(C)c(N(C)Cc2cscn2)c1CNC(C)C. The van der Waals surface area contributed by atoms with Crippen LogP contribution in [-0.2, 0) is 20.1 Å². The largest absolute Gasteiger partial charge is 0.354 e. The van der Waals surface area contributed by atoms with E-state index in [0.717, 1.165) is 30.3 Å². The number of aromatic nitrogens is 3. The first kappa shape index (κ1) is 15.0. The van der Waals surface area contributed by atoms with E-state index < -0.39 is 0 Å². The van der Waals surface area contributed by atoms with Crippen molar-refractivity contribution in [2.24, 2.45) is 7.05 Å². The molecule has 5 nitrogen and oxygen atoms in total. The molecule has 20 heavy (non-hydrogen) atoms. The smallest absolute Gasteiger partial charge is 0.131 e. The maximum Gasteiger partial charge on any atom is 0.131 e. The number of aryl methyl sites for hydroxylation is 2. The Morgan fingerprint density at radius 3 is 2.80 bits per heavy atom. The minimum absolute atomic E-state index is 0.464. The van der Waals surface area contributed by atoms with E-state index in [4.69, 9.17) is 0 Å². The van der Waals surface area contributed by atoms with Crippen LogP contribution in [0.3, 0.4) is 0 Å². The van der Waals surface area contributed by atoms with Gasteiger partial charge >= 0.3 is 0 Å². The van der Waals surface area contributed by atoms with E-state index in [0.29, 0.717) is 6.04 Å². The van der Waals surface area contributed by atoms with Crippen molar-refractivity contribution in [1.82, 2.24) is 20.1 Å². The molecule has 110 valence electrons. The number of rotatable bonds is 6. The summed E-state index contributed by atoms with van der Waals surface area (Å²) in [5, 5.41) is 10.1. The molecule has 0 saturated carbocycles. The summed E-state index contributed by atoms with van der Waals surface area (Å²) in [4.78, 5) is 6.57. The van der Waals surface area contributed by atoms with E-state index in [-0.39, 0.29) is 0 Å². The average molecular weight is 293 g/mol. The zero-order chi connectivity index (χ0) is 14.7. The maximum atomic E-state index is 4.56. The Morgan fingerprint density at radius 1 is 1.45 bits per heavy atom. The van der Waals surface area contributed by atoms with Crippen LogP contribution in [0.4, 0.5) is 5.82 Å². The molecule has 0 aliphatic carbocycles. The molecule has 0 spiro atoms. The summed E-state index contributed by atoms with van der Waals surface area (Å²) in [5.74, 6) is 1.16. The molecule has 1 N–H and O–H groups in total. The van der Waals surface area contributed by atoms with Crippen molar-refractivity contribution in [3.8, 4) is 0 Å². The zero-order valence-corrected chi connectivity index (χ0v) is 13.7. The molecular weight excluding hydrogens is 270 g/mol. The molecule has 2 rings (SSSR count). The van der Waals surface area contributed by atoms with Crippen LogP contribution < -0.4 is 10.2 Å². The summed E-state index contributed by atoms with van der Waals surface area (Å²) in [5.41, 5.74) is 5.32. The maximum absolute atomic E-state index is 4.56. The first-order chi connectivity index (χ1) is 9.49. The highest BCUT2D eigenvalue weighted by Crippen LogP contribution is 2.23. The van der Waals surface area contributed by atoms with Gasteiger partial charge in [0.15, 0.2) is 0 Å². The molecule has 0 bridgehead atoms. The third kappa shape index (κ3) is 3.37. The lowest BCUT2D eigenvalue weighted by atomic mass is 10.2. The van der Waals surface area contributed by atoms with Gasteiger partial charge in [-0.25, -0.2) is 4.98 Å². The van der Waals surface area contributed by atoms with Crippen LogP contribution in [0.15, 0.2) is 10.9 Å². The normalized spacial score (nSPS) is 11.3. The van der Waals surface area contributed by atoms with Crippen molar-refractivity contribution in [2.75, 3.05) is 11.9 Å². The Morgan fingerprint density at radius 2 is 2.20 bits per heavy atom. The lowest BCUT2D eigenvalue weighted by molar-refractivity contribution is 0.586. The molecule has 0 aliphatic heterocycles. The van der Waals surface area contributed by atoms with Crippen LogP contribution >= 0.6 is 11.3 Å². The Hall–Kier alpha value is -1.40. The van der Waals surface area contributed by atoms with E-state index >= 15 is 0 Å². The second-order valence-electron chi connectivity index (χ2n) is 5.38. The van der Waals surface area contributed by atoms with Gasteiger partial charge in [-0.2, -0.15) is 5.10 Å². The summed E-state index contributed by atoms with van der Waals surface area (Å²) in [6.45, 7) is 8.03. The molecule has 0 amide bonds. The molecule has 2 aromatic heterocycles. The van der Waals surface area contributed by atoms with E-state index in [1.165, 1.54) is 5.56 Å². The lowest BCUT2D eigenvalue weighted by Crippen LogP contribution is -2.25. The highest BCUT2D eigenvalue weighted by molar-refractivity contribution is 7.07. The van der Waals surface area contributed by atoms with Gasteiger partial charge in [0.1, 0.15) is 5.82 Å². The topological polar surface area (TPSA) is 46.0 Å². The molecule has 0 aromatic carbocycles. The molecule has 2 aromatic rings. The number of hydrogen-bond acceptors (Lipinski definition) is 5. The first-order valence-electron chi connectivity index (χ1n) is 6.83. The minimum atomic E-state index is 0.464. The molecule has 0 atom stereocenters. The molecule has 2 heterocycles. The molecule has 6 heteroatoms. The second kappa shape index (κ2) is 6.37. The van der Waals surface area contributed by atoms with E-state index in [1.54, 1.807) is 11.3 Å². The number of nitrogens with zero attached hydrogens (tertiary/aromatic N) is 4. The number of thiazole rings is 1. The van der Waals surface area contributed by atoms with Gasteiger partial charge in [0.2, 0.25) is 0 Å². The highest BCUT2D eigenvalue weighted by Gasteiger charge is 2.17. The van der Waals surface area contributed by atoms with E-state index in [1.807, 2.05) is 17.2 Å². The van der Waals surface area contributed by atoms with Gasteiger partial charge in [-0.3, -0.25) is 4.68 Å². The van der Waals surface area contributed by atoms with Crippen molar-refractivity contribution in [2.45, 2.75) is 39.9 Å². The quantitative estimate of drug-likeness (QED) is 0.888. The van der Waals surface area contributed by atoms with Crippen LogP contribution in [-0.4, -0.2) is 27.9 Å². The molecule has 0 radical (unpaired) electrons. The van der Waals surface area contributed by atoms with E-state index in [9.17, 15) is 0 Å². The third-order valence-corrected chi connectivity index (χ3v) is 3.88. The van der Waals surface area contributed by atoms with Gasteiger partial charge in [0, 0.05) is 37.6 Å². The van der Waals surface area contributed by atoms with Crippen molar-refractivity contribution in [3.63, 3.8) is 0 Å². The van der Waals surface area contributed by atoms with Crippen molar-refractivity contribution < 1.29 is 0 Å². The fourth-order valence-electron chi connectivity index (χ4n) is 2.31. The molecule has 0 saturated heterocycles. The minimum Gasteiger partial charge on any atom is -0.354 e. The molecule has 0 fully saturated rings. The summed E-state index contributed by atoms with van der Waals surface area (Å²) in [7, 11) is 4.09. The Balaban J connectivity index is 2.20. The van der Waals surface area contributed by atoms with Gasteiger partial charge in [-0.15, -0.1) is 11.3 Å². The van der Waals surface area contributed by atoms with Crippen LogP contribution in [0, 0.1) is 6.92 Å². The van der Waals surface area contributed by atoms with Crippen LogP contribution in [0.5, 0.6) is 0 Å². The lowest BCUT2D eigenvalue weighted by Gasteiger charge is -2.20. The van der Waals surface area contributed by atoms with Gasteiger partial charge in [0.25, 0.3) is 0 Å². The van der Waals surface area contributed by atoms with Gasteiger partial charge in [-0.05, 0) is 6.92 Å². The average Bonchev–Trinajstić information content (AvgIpc) is 2.94. The van der Waals surface area contributed by atoms with Gasteiger partial charge < -0.3 is 10.2 Å². The number of anilines is 1. The standard InChI is InChI=1S/C14H23N5S/c1-10(2)15-6-13-11(3)17-19(5)14(13)18(4)7-12-8-20-9-16-12/h8-10,15H,6-7H2,1-5H3. The molecule has 0 aliphatic rings. The van der Waals surface area contributed by atoms with Crippen LogP contribution in [0.25, 0.3) is 0 Å². The Labute approximate surface area is 124 Å². The molecule has 0 unspecified atom stereocenters. The summed E-state index contributed by atoms with van der Waals surface area (Å²) in [6.07, 6.45) is 0. The summed E-state index contributed by atoms with van der Waals surface area (Å²) >= 11 is 1.63. The fraction of sp³-hybridized carbons (Fsp3) is 0.571. The Bertz CT molecular complexity index is 544. The predicted octanol–water partition coefficient (Wildman–Crippen LogP) is 2.32. The fourth-order valence-corrected chi connectivity index (χ4v) is 2.86. The third-order valence-electron chi connectivity index (χ3n) is 3.24. The highest BCUT2D eigenvalue weighted by atomic mass is 32.1. The van der Waals surface area contributed by atoms with Crippen molar-refractivity contribution >= 4 is 17.2 Å². The second-order valence-corrected chi connectivity index (χ2v) is 6.10. The first-order valence-corrected chi connectivity index (χ1v) is 7.77. The summed E-state index contributed by atoms with van der Waals surface area (Å²) in [6, 6.07) is 0.464. The van der Waals surface area contributed by atoms with E-state index in [2.05, 4.69) is 53.5 Å². The zero-order valence-electron chi connectivity index (χ0n) is 12.8. The predicted molar refractivity (Wildman–Crippen MR) is 84.1 cm³/mol. The van der Waals surface area contributed by atoms with Crippen LogP contribution in [0.2, 0.25) is 0 Å². The number of nitrogens with one attached hydrogen (secondary N) is 1. The monoisotopic (exact) mass is 293 g/mol. The van der Waals surface area contributed by atoms with Gasteiger partial charge in [0.05, 0.1) is 23.4 Å².